The van der Waals surface area contributed by atoms with Crippen molar-refractivity contribution in [3.05, 3.63) is 24.3 Å². The van der Waals surface area contributed by atoms with Crippen LogP contribution in [-0.4, -0.2) is 57.0 Å². The van der Waals surface area contributed by atoms with Gasteiger partial charge in [0.05, 0.1) is 14.2 Å². The molecule has 15 heteroatoms. The van der Waals surface area contributed by atoms with E-state index in [9.17, 15) is 26.4 Å². The predicted octanol–water partition coefficient (Wildman–Crippen LogP) is 1.32. The number of alkyl halides is 3. The van der Waals surface area contributed by atoms with Crippen LogP contribution >= 0.6 is 0 Å². The van der Waals surface area contributed by atoms with Gasteiger partial charge in [0.25, 0.3) is 16.0 Å². The molecule has 0 aliphatic carbocycles. The minimum absolute atomic E-state index is 0.0261. The summed E-state index contributed by atoms with van der Waals surface area (Å²) >= 11 is 0. The Morgan fingerprint density at radius 1 is 1.07 bits per heavy atom. The molecule has 29 heavy (non-hydrogen) atoms. The van der Waals surface area contributed by atoms with E-state index < -0.39 is 51.0 Å². The third-order valence-corrected chi connectivity index (χ3v) is 4.82. The summed E-state index contributed by atoms with van der Waals surface area (Å²) in [5, 5.41) is 2.04. The van der Waals surface area contributed by atoms with Gasteiger partial charge in [-0.2, -0.15) is 9.97 Å². The number of sulfonamides is 1. The summed E-state index contributed by atoms with van der Waals surface area (Å²) in [5.41, 5.74) is 0. The van der Waals surface area contributed by atoms with Crippen LogP contribution in [0.25, 0.3) is 0 Å². The molecule has 0 spiro atoms. The smallest absolute Gasteiger partial charge is 0.467 e. The van der Waals surface area contributed by atoms with Gasteiger partial charge in [-0.25, -0.2) is 13.2 Å². The molecule has 2 aromatic rings. The van der Waals surface area contributed by atoms with E-state index in [-0.39, 0.29) is 4.31 Å². The average Bonchev–Trinajstić information content (AvgIpc) is 2.66. The second kappa shape index (κ2) is 8.34. The van der Waals surface area contributed by atoms with Gasteiger partial charge >= 0.3 is 24.4 Å². The second-order valence-corrected chi connectivity index (χ2v) is 6.68. The standard InChI is InChI=1S/C14H14F3N5O6S/c1-18-13(23)22(10-19-11(26-2)21-12(20-10)27-3)29(24,25)9-7-5-4-6-8(9)28-14(15,16)17/h4-7H,1-3H3,(H,18,23). The predicted molar refractivity (Wildman–Crippen MR) is 90.2 cm³/mol. The fourth-order valence-corrected chi connectivity index (χ4v) is 3.40. The maximum absolute atomic E-state index is 13.1. The van der Waals surface area contributed by atoms with E-state index in [1.165, 1.54) is 0 Å². The van der Waals surface area contributed by atoms with E-state index in [0.29, 0.717) is 0 Å². The van der Waals surface area contributed by atoms with E-state index in [4.69, 9.17) is 9.47 Å². The van der Waals surface area contributed by atoms with Crippen molar-refractivity contribution in [3.63, 3.8) is 0 Å². The van der Waals surface area contributed by atoms with Crippen LogP contribution in [0.2, 0.25) is 0 Å². The highest BCUT2D eigenvalue weighted by atomic mass is 32.2. The third-order valence-electron chi connectivity index (χ3n) is 3.12. The number of para-hydroxylation sites is 1. The molecule has 0 fully saturated rings. The Hall–Kier alpha value is -3.36. The number of benzene rings is 1. The van der Waals surface area contributed by atoms with Gasteiger partial charge in [0, 0.05) is 7.05 Å². The number of methoxy groups -OCH3 is 2. The Morgan fingerprint density at radius 3 is 2.10 bits per heavy atom. The van der Waals surface area contributed by atoms with E-state index in [1.807, 2.05) is 5.32 Å². The van der Waals surface area contributed by atoms with Crippen molar-refractivity contribution in [1.29, 1.82) is 0 Å². The third kappa shape index (κ3) is 4.92. The lowest BCUT2D eigenvalue weighted by atomic mass is 10.3. The molecule has 11 nitrogen and oxygen atoms in total. The van der Waals surface area contributed by atoms with Crippen LogP contribution < -0.4 is 23.8 Å². The number of halogens is 3. The Balaban J connectivity index is 2.70. The first-order valence-corrected chi connectivity index (χ1v) is 8.93. The van der Waals surface area contributed by atoms with Crippen molar-refractivity contribution < 1.29 is 40.6 Å². The van der Waals surface area contributed by atoms with Crippen LogP contribution in [0.5, 0.6) is 17.8 Å². The molecule has 0 aliphatic rings. The minimum Gasteiger partial charge on any atom is -0.467 e. The zero-order valence-electron chi connectivity index (χ0n) is 15.1. The molecule has 0 radical (unpaired) electrons. The molecular formula is C14H14F3N5O6S. The largest absolute Gasteiger partial charge is 0.573 e. The molecule has 2 amide bonds. The Bertz CT molecular complexity index is 979. The SMILES string of the molecule is CNC(=O)N(c1nc(OC)nc(OC)n1)S(=O)(=O)c1ccccc1OC(F)(F)F. The second-order valence-electron chi connectivity index (χ2n) is 4.93. The summed E-state index contributed by atoms with van der Waals surface area (Å²) in [6.45, 7) is 0. The number of urea groups is 1. The topological polar surface area (TPSA) is 133 Å². The number of carbonyl (C=O) groups excluding carboxylic acids is 1. The summed E-state index contributed by atoms with van der Waals surface area (Å²) in [7, 11) is -1.58. The number of nitrogens with one attached hydrogen (secondary N) is 1. The van der Waals surface area contributed by atoms with Gasteiger partial charge in [-0.3, -0.25) is 0 Å². The van der Waals surface area contributed by atoms with Crippen molar-refractivity contribution in [2.45, 2.75) is 11.3 Å². The Morgan fingerprint density at radius 2 is 1.62 bits per heavy atom. The first-order valence-electron chi connectivity index (χ1n) is 7.49. The lowest BCUT2D eigenvalue weighted by Crippen LogP contribution is -2.43. The Labute approximate surface area is 162 Å². The fraction of sp³-hybridized carbons (Fsp3) is 0.286. The number of aromatic nitrogens is 3. The molecule has 158 valence electrons. The zero-order valence-corrected chi connectivity index (χ0v) is 15.9. The lowest BCUT2D eigenvalue weighted by Gasteiger charge is -2.22. The van der Waals surface area contributed by atoms with E-state index in [1.54, 1.807) is 0 Å². The molecule has 1 aromatic heterocycles. The lowest BCUT2D eigenvalue weighted by molar-refractivity contribution is -0.275. The number of carbonyl (C=O) groups is 1. The van der Waals surface area contributed by atoms with Gasteiger partial charge in [-0.15, -0.1) is 22.5 Å². The van der Waals surface area contributed by atoms with Crippen LogP contribution in [0.1, 0.15) is 0 Å². The van der Waals surface area contributed by atoms with Crippen molar-refractivity contribution in [1.82, 2.24) is 20.3 Å². The molecule has 0 saturated heterocycles. The summed E-state index contributed by atoms with van der Waals surface area (Å²) in [4.78, 5) is 22.4. The van der Waals surface area contributed by atoms with Crippen LogP contribution in [0, 0.1) is 0 Å². The number of hydrogen-bond acceptors (Lipinski definition) is 9. The van der Waals surface area contributed by atoms with Gasteiger partial charge < -0.3 is 19.5 Å². The molecule has 0 saturated carbocycles. The quantitative estimate of drug-likeness (QED) is 0.710. The zero-order chi connectivity index (χ0) is 21.8. The molecule has 1 heterocycles. The van der Waals surface area contributed by atoms with Crippen LogP contribution in [0.15, 0.2) is 29.2 Å². The number of anilines is 1. The minimum atomic E-state index is -5.18. The van der Waals surface area contributed by atoms with Crippen LogP contribution in [-0.2, 0) is 10.0 Å². The summed E-state index contributed by atoms with van der Waals surface area (Å²) in [5.74, 6) is -1.84. The molecule has 0 aliphatic heterocycles. The van der Waals surface area contributed by atoms with Gasteiger partial charge in [0.1, 0.15) is 10.6 Å². The molecule has 2 rings (SSSR count). The van der Waals surface area contributed by atoms with E-state index >= 15 is 0 Å². The van der Waals surface area contributed by atoms with Crippen LogP contribution in [0.3, 0.4) is 0 Å². The average molecular weight is 437 g/mol. The van der Waals surface area contributed by atoms with Crippen molar-refractivity contribution in [2.24, 2.45) is 0 Å². The highest BCUT2D eigenvalue weighted by Crippen LogP contribution is 2.33. The molecule has 0 unspecified atom stereocenters. The molecular weight excluding hydrogens is 423 g/mol. The molecule has 0 bridgehead atoms. The summed E-state index contributed by atoms with van der Waals surface area (Å²) in [6, 6.07) is 1.78. The number of ether oxygens (including phenoxy) is 3. The maximum Gasteiger partial charge on any atom is 0.573 e. The van der Waals surface area contributed by atoms with Crippen molar-refractivity contribution >= 4 is 22.0 Å². The summed E-state index contributed by atoms with van der Waals surface area (Å²) in [6.07, 6.45) is -5.18. The number of nitrogens with zero attached hydrogens (tertiary/aromatic N) is 4. The maximum atomic E-state index is 13.1. The van der Waals surface area contributed by atoms with Gasteiger partial charge in [-0.05, 0) is 12.1 Å². The highest BCUT2D eigenvalue weighted by Gasteiger charge is 2.39. The van der Waals surface area contributed by atoms with Gasteiger partial charge in [0.15, 0.2) is 0 Å². The van der Waals surface area contributed by atoms with E-state index in [2.05, 4.69) is 19.7 Å². The number of amides is 2. The normalized spacial score (nSPS) is 11.5. The number of rotatable bonds is 6. The number of hydrogen-bond donors (Lipinski definition) is 1. The first kappa shape index (κ1) is 21.9. The molecule has 1 aromatic carbocycles. The molecule has 1 N–H and O–H groups in total. The Kier molecular flexibility index (Phi) is 6.31. The van der Waals surface area contributed by atoms with Gasteiger partial charge in [-0.1, -0.05) is 12.1 Å². The summed E-state index contributed by atoms with van der Waals surface area (Å²) < 4.78 is 77.6. The van der Waals surface area contributed by atoms with Gasteiger partial charge in [0.2, 0.25) is 0 Å². The molecule has 0 atom stereocenters. The fourth-order valence-electron chi connectivity index (χ4n) is 1.98. The van der Waals surface area contributed by atoms with Crippen LogP contribution in [0.4, 0.5) is 23.9 Å². The highest BCUT2D eigenvalue weighted by molar-refractivity contribution is 7.93. The monoisotopic (exact) mass is 437 g/mol. The first-order chi connectivity index (χ1) is 13.5. The van der Waals surface area contributed by atoms with Crippen molar-refractivity contribution in [3.8, 4) is 17.8 Å². The van der Waals surface area contributed by atoms with Crippen molar-refractivity contribution in [2.75, 3.05) is 25.6 Å². The van der Waals surface area contributed by atoms with E-state index in [0.717, 1.165) is 45.5 Å².